The first-order chi connectivity index (χ1) is 6.56. The van der Waals surface area contributed by atoms with Gasteiger partial charge in [-0.15, -0.1) is 0 Å². The average Bonchev–Trinajstić information content (AvgIpc) is 2.71. The van der Waals surface area contributed by atoms with Crippen molar-refractivity contribution in [2.24, 2.45) is 11.3 Å². The van der Waals surface area contributed by atoms with E-state index in [0.717, 1.165) is 19.0 Å². The lowest BCUT2D eigenvalue weighted by Crippen LogP contribution is -2.37. The summed E-state index contributed by atoms with van der Waals surface area (Å²) < 4.78 is 0. The van der Waals surface area contributed by atoms with Gasteiger partial charge in [-0.05, 0) is 44.2 Å². The van der Waals surface area contributed by atoms with Crippen LogP contribution in [0.15, 0.2) is 0 Å². The van der Waals surface area contributed by atoms with Crippen LogP contribution in [0.5, 0.6) is 0 Å². The number of hydrogen-bond donors (Lipinski definition) is 2. The Bertz CT molecular complexity index is 166. The molecule has 2 heteroatoms. The fourth-order valence-corrected chi connectivity index (χ4v) is 1.84. The van der Waals surface area contributed by atoms with E-state index in [-0.39, 0.29) is 0 Å². The van der Waals surface area contributed by atoms with Crippen LogP contribution in [-0.2, 0) is 0 Å². The first-order valence-electron chi connectivity index (χ1n) is 6.00. The molecule has 0 amide bonds. The summed E-state index contributed by atoms with van der Waals surface area (Å²) >= 11 is 0. The Hall–Kier alpha value is -0.0800. The first-order valence-corrected chi connectivity index (χ1v) is 6.00. The normalized spacial score (nSPS) is 26.1. The molecule has 1 aliphatic rings. The molecule has 0 aromatic carbocycles. The molecule has 0 radical (unpaired) electrons. The van der Waals surface area contributed by atoms with E-state index in [9.17, 15) is 0 Å². The van der Waals surface area contributed by atoms with E-state index in [1.165, 1.54) is 19.4 Å². The third-order valence-electron chi connectivity index (χ3n) is 3.31. The van der Waals surface area contributed by atoms with Crippen LogP contribution in [0, 0.1) is 11.3 Å². The maximum Gasteiger partial charge on any atom is 0.0164 e. The molecule has 14 heavy (non-hydrogen) atoms. The molecule has 2 unspecified atom stereocenters. The predicted octanol–water partition coefficient (Wildman–Crippen LogP) is 2.01. The van der Waals surface area contributed by atoms with Crippen molar-refractivity contribution in [3.63, 3.8) is 0 Å². The van der Waals surface area contributed by atoms with E-state index < -0.39 is 0 Å². The fourth-order valence-electron chi connectivity index (χ4n) is 1.84. The third kappa shape index (κ3) is 3.97. The van der Waals surface area contributed by atoms with E-state index >= 15 is 0 Å². The van der Waals surface area contributed by atoms with E-state index in [1.807, 2.05) is 0 Å². The van der Waals surface area contributed by atoms with Crippen LogP contribution in [-0.4, -0.2) is 25.7 Å². The maximum absolute atomic E-state index is 3.60. The monoisotopic (exact) mass is 198 g/mol. The van der Waals surface area contributed by atoms with Gasteiger partial charge in [-0.1, -0.05) is 20.8 Å². The summed E-state index contributed by atoms with van der Waals surface area (Å²) in [7, 11) is 0. The minimum Gasteiger partial charge on any atom is -0.315 e. The van der Waals surface area contributed by atoms with Crippen LogP contribution in [0.2, 0.25) is 0 Å². The second kappa shape index (κ2) is 5.13. The molecule has 1 aliphatic carbocycles. The lowest BCUT2D eigenvalue weighted by atomic mass is 10.1. The molecule has 0 aromatic rings. The van der Waals surface area contributed by atoms with E-state index in [4.69, 9.17) is 0 Å². The zero-order valence-electron chi connectivity index (χ0n) is 10.2. The highest BCUT2D eigenvalue weighted by atomic mass is 15.0. The highest BCUT2D eigenvalue weighted by Crippen LogP contribution is 2.50. The Balaban J connectivity index is 1.96. The number of rotatable bonds is 7. The van der Waals surface area contributed by atoms with Crippen molar-refractivity contribution < 1.29 is 0 Å². The Labute approximate surface area is 88.8 Å². The summed E-state index contributed by atoms with van der Waals surface area (Å²) in [4.78, 5) is 0. The van der Waals surface area contributed by atoms with E-state index in [1.54, 1.807) is 0 Å². The fraction of sp³-hybridized carbons (Fsp3) is 1.00. The van der Waals surface area contributed by atoms with E-state index in [2.05, 4.69) is 38.3 Å². The highest BCUT2D eigenvalue weighted by molar-refractivity contribution is 4.96. The summed E-state index contributed by atoms with van der Waals surface area (Å²) in [5, 5.41) is 7.03. The van der Waals surface area contributed by atoms with Crippen LogP contribution < -0.4 is 10.6 Å². The first kappa shape index (κ1) is 12.0. The lowest BCUT2D eigenvalue weighted by molar-refractivity contribution is 0.457. The van der Waals surface area contributed by atoms with Crippen molar-refractivity contribution in [3.05, 3.63) is 0 Å². The smallest absolute Gasteiger partial charge is 0.0164 e. The molecular weight excluding hydrogens is 172 g/mol. The lowest BCUT2D eigenvalue weighted by Gasteiger charge is -2.14. The Morgan fingerprint density at radius 1 is 1.43 bits per heavy atom. The van der Waals surface area contributed by atoms with Crippen LogP contribution in [0.3, 0.4) is 0 Å². The molecule has 0 saturated heterocycles. The van der Waals surface area contributed by atoms with Crippen molar-refractivity contribution in [2.45, 2.75) is 46.6 Å². The maximum atomic E-state index is 3.60. The molecule has 0 aliphatic heterocycles. The standard InChI is InChI=1S/C12H26N2/c1-5-6-13-8-10(2)14-9-11-7-12(11,3)4/h10-11,13-14H,5-9H2,1-4H3. The molecule has 2 N–H and O–H groups in total. The van der Waals surface area contributed by atoms with Crippen LogP contribution in [0.4, 0.5) is 0 Å². The van der Waals surface area contributed by atoms with Crippen molar-refractivity contribution in [1.82, 2.24) is 10.6 Å². The molecule has 1 rings (SSSR count). The van der Waals surface area contributed by atoms with Crippen molar-refractivity contribution in [2.75, 3.05) is 19.6 Å². The van der Waals surface area contributed by atoms with Gasteiger partial charge >= 0.3 is 0 Å². The van der Waals surface area contributed by atoms with Gasteiger partial charge < -0.3 is 10.6 Å². The molecular formula is C12H26N2. The molecule has 0 heterocycles. The number of hydrogen-bond acceptors (Lipinski definition) is 2. The van der Waals surface area contributed by atoms with Gasteiger partial charge in [0.05, 0.1) is 0 Å². The van der Waals surface area contributed by atoms with Crippen LogP contribution in [0.25, 0.3) is 0 Å². The van der Waals surface area contributed by atoms with Crippen molar-refractivity contribution in [1.29, 1.82) is 0 Å². The Kier molecular flexibility index (Phi) is 4.39. The van der Waals surface area contributed by atoms with Gasteiger partial charge in [-0.25, -0.2) is 0 Å². The van der Waals surface area contributed by atoms with Gasteiger partial charge in [0.15, 0.2) is 0 Å². The topological polar surface area (TPSA) is 24.1 Å². The van der Waals surface area contributed by atoms with Gasteiger partial charge in [-0.2, -0.15) is 0 Å². The van der Waals surface area contributed by atoms with E-state index in [0.29, 0.717) is 11.5 Å². The quantitative estimate of drug-likeness (QED) is 0.612. The summed E-state index contributed by atoms with van der Waals surface area (Å²) in [6.07, 6.45) is 2.62. The second-order valence-corrected chi connectivity index (χ2v) is 5.40. The van der Waals surface area contributed by atoms with Gasteiger partial charge in [-0.3, -0.25) is 0 Å². The second-order valence-electron chi connectivity index (χ2n) is 5.40. The van der Waals surface area contributed by atoms with Gasteiger partial charge in [0.2, 0.25) is 0 Å². The molecule has 2 nitrogen and oxygen atoms in total. The van der Waals surface area contributed by atoms with Crippen molar-refractivity contribution >= 4 is 0 Å². The number of nitrogens with one attached hydrogen (secondary N) is 2. The summed E-state index contributed by atoms with van der Waals surface area (Å²) in [6.45, 7) is 12.6. The summed E-state index contributed by atoms with van der Waals surface area (Å²) in [5.74, 6) is 0.913. The Morgan fingerprint density at radius 3 is 2.57 bits per heavy atom. The molecule has 1 saturated carbocycles. The van der Waals surface area contributed by atoms with Gasteiger partial charge in [0.25, 0.3) is 0 Å². The van der Waals surface area contributed by atoms with Crippen molar-refractivity contribution in [3.8, 4) is 0 Å². The minimum absolute atomic E-state index is 0.609. The molecule has 84 valence electrons. The molecule has 0 bridgehead atoms. The molecule has 2 atom stereocenters. The zero-order chi connectivity index (χ0) is 10.6. The molecule has 1 fully saturated rings. The summed E-state index contributed by atoms with van der Waals surface area (Å²) in [5.41, 5.74) is 0.615. The summed E-state index contributed by atoms with van der Waals surface area (Å²) in [6, 6.07) is 0.609. The van der Waals surface area contributed by atoms with Gasteiger partial charge in [0.1, 0.15) is 0 Å². The Morgan fingerprint density at radius 2 is 2.07 bits per heavy atom. The average molecular weight is 198 g/mol. The zero-order valence-corrected chi connectivity index (χ0v) is 10.2. The predicted molar refractivity (Wildman–Crippen MR) is 62.5 cm³/mol. The highest BCUT2D eigenvalue weighted by Gasteiger charge is 2.44. The third-order valence-corrected chi connectivity index (χ3v) is 3.31. The van der Waals surface area contributed by atoms with Gasteiger partial charge in [0, 0.05) is 12.6 Å². The molecule has 0 spiro atoms. The molecule has 0 aromatic heterocycles. The largest absolute Gasteiger partial charge is 0.315 e. The van der Waals surface area contributed by atoms with Crippen LogP contribution in [0.1, 0.15) is 40.5 Å². The van der Waals surface area contributed by atoms with Crippen LogP contribution >= 0.6 is 0 Å². The minimum atomic E-state index is 0.609. The SMILES string of the molecule is CCCNCC(C)NCC1CC1(C)C.